The Morgan fingerprint density at radius 1 is 1.03 bits per heavy atom. The third-order valence-corrected chi connectivity index (χ3v) is 5.59. The number of rotatable bonds is 3. The molecule has 0 spiro atoms. The Labute approximate surface area is 178 Å². The minimum absolute atomic E-state index is 0.159. The molecule has 0 atom stereocenters. The number of ether oxygens (including phenoxy) is 2. The van der Waals surface area contributed by atoms with Crippen molar-refractivity contribution in [3.05, 3.63) is 70.5 Å². The smallest absolute Gasteiger partial charge is 0.268 e. The van der Waals surface area contributed by atoms with Gasteiger partial charge in [0, 0.05) is 50.8 Å². The summed E-state index contributed by atoms with van der Waals surface area (Å²) in [6.45, 7) is 4.22. The van der Waals surface area contributed by atoms with E-state index in [2.05, 4.69) is 14.9 Å². The molecule has 2 aliphatic heterocycles. The van der Waals surface area contributed by atoms with Crippen molar-refractivity contribution < 1.29 is 14.3 Å². The van der Waals surface area contributed by atoms with Gasteiger partial charge in [-0.1, -0.05) is 0 Å². The number of carbonyl (C=O) groups excluding carboxylic acids is 1. The molecule has 1 fully saturated rings. The van der Waals surface area contributed by atoms with Crippen molar-refractivity contribution in [2.45, 2.75) is 6.92 Å². The summed E-state index contributed by atoms with van der Waals surface area (Å²) in [5.74, 6) is 1.76. The molecule has 1 aromatic carbocycles. The second kappa shape index (κ2) is 7.75. The summed E-state index contributed by atoms with van der Waals surface area (Å²) in [7, 11) is 0. The topological polar surface area (TPSA) is 89.8 Å². The zero-order chi connectivity index (χ0) is 21.4. The molecule has 9 heteroatoms. The van der Waals surface area contributed by atoms with Crippen LogP contribution in [0.5, 0.6) is 11.5 Å². The summed E-state index contributed by atoms with van der Waals surface area (Å²) in [5, 5.41) is 0. The van der Waals surface area contributed by atoms with Crippen LogP contribution in [0.2, 0.25) is 0 Å². The van der Waals surface area contributed by atoms with Gasteiger partial charge < -0.3 is 19.3 Å². The number of piperazine rings is 1. The van der Waals surface area contributed by atoms with Gasteiger partial charge in [0.15, 0.2) is 11.5 Å². The van der Waals surface area contributed by atoms with E-state index in [-0.39, 0.29) is 23.8 Å². The van der Waals surface area contributed by atoms with Gasteiger partial charge in [-0.15, -0.1) is 0 Å². The fourth-order valence-corrected chi connectivity index (χ4v) is 3.88. The van der Waals surface area contributed by atoms with E-state index in [0.717, 1.165) is 5.82 Å². The second-order valence-corrected chi connectivity index (χ2v) is 7.43. The van der Waals surface area contributed by atoms with Gasteiger partial charge >= 0.3 is 0 Å². The summed E-state index contributed by atoms with van der Waals surface area (Å²) >= 11 is 0. The number of aryl methyl sites for hydroxylation is 1. The van der Waals surface area contributed by atoms with Crippen LogP contribution in [0, 0.1) is 6.92 Å². The van der Waals surface area contributed by atoms with E-state index in [1.807, 2.05) is 0 Å². The van der Waals surface area contributed by atoms with Gasteiger partial charge in [0.25, 0.3) is 11.5 Å². The normalized spacial score (nSPS) is 15.3. The van der Waals surface area contributed by atoms with Crippen molar-refractivity contribution in [3.63, 3.8) is 0 Å². The molecule has 3 aromatic rings. The minimum Gasteiger partial charge on any atom is -0.454 e. The summed E-state index contributed by atoms with van der Waals surface area (Å²) in [5.41, 5.74) is 1.12. The third-order valence-electron chi connectivity index (χ3n) is 5.59. The van der Waals surface area contributed by atoms with Crippen LogP contribution in [0.1, 0.15) is 15.9 Å². The van der Waals surface area contributed by atoms with Crippen LogP contribution in [0.15, 0.2) is 53.8 Å². The first-order valence-corrected chi connectivity index (χ1v) is 10.0. The zero-order valence-corrected chi connectivity index (χ0v) is 17.0. The predicted octanol–water partition coefficient (Wildman–Crippen LogP) is 1.63. The number of pyridine rings is 1. The molecule has 31 heavy (non-hydrogen) atoms. The lowest BCUT2D eigenvalue weighted by molar-refractivity contribution is 0.0743. The van der Waals surface area contributed by atoms with E-state index in [1.165, 1.54) is 4.57 Å². The summed E-state index contributed by atoms with van der Waals surface area (Å²) in [6, 6.07) is 7.07. The first-order chi connectivity index (χ1) is 15.1. The lowest BCUT2D eigenvalue weighted by Gasteiger charge is -2.35. The monoisotopic (exact) mass is 419 g/mol. The molecule has 4 heterocycles. The predicted molar refractivity (Wildman–Crippen MR) is 113 cm³/mol. The first-order valence-electron chi connectivity index (χ1n) is 10.0. The second-order valence-electron chi connectivity index (χ2n) is 7.43. The van der Waals surface area contributed by atoms with Gasteiger partial charge in [0.1, 0.15) is 11.4 Å². The molecule has 158 valence electrons. The Morgan fingerprint density at radius 3 is 2.61 bits per heavy atom. The van der Waals surface area contributed by atoms with E-state index >= 15 is 0 Å². The molecular formula is C22H21N5O4. The largest absolute Gasteiger partial charge is 0.454 e. The molecule has 5 rings (SSSR count). The highest BCUT2D eigenvalue weighted by Gasteiger charge is 2.27. The molecule has 0 aliphatic carbocycles. The fraction of sp³-hybridized carbons (Fsp3) is 0.273. The van der Waals surface area contributed by atoms with Crippen LogP contribution in [-0.4, -0.2) is 58.3 Å². The van der Waals surface area contributed by atoms with Crippen molar-refractivity contribution in [2.75, 3.05) is 37.9 Å². The molecule has 0 saturated carbocycles. The van der Waals surface area contributed by atoms with Gasteiger partial charge in [-0.3, -0.25) is 19.1 Å². The van der Waals surface area contributed by atoms with Crippen molar-refractivity contribution in [3.8, 4) is 17.2 Å². The van der Waals surface area contributed by atoms with Gasteiger partial charge in [0.05, 0.1) is 11.9 Å². The van der Waals surface area contributed by atoms with E-state index in [9.17, 15) is 9.59 Å². The van der Waals surface area contributed by atoms with Crippen LogP contribution in [-0.2, 0) is 0 Å². The van der Waals surface area contributed by atoms with Crippen LogP contribution in [0.4, 0.5) is 5.82 Å². The number of fused-ring (bicyclic) bond motifs is 1. The molecule has 9 nitrogen and oxygen atoms in total. The molecule has 2 aromatic heterocycles. The van der Waals surface area contributed by atoms with Crippen LogP contribution < -0.4 is 19.9 Å². The Balaban J connectivity index is 1.40. The maximum absolute atomic E-state index is 13.3. The molecule has 0 bridgehead atoms. The number of amides is 1. The van der Waals surface area contributed by atoms with E-state index in [4.69, 9.17) is 9.47 Å². The average molecular weight is 419 g/mol. The van der Waals surface area contributed by atoms with E-state index in [0.29, 0.717) is 48.9 Å². The number of aromatic nitrogens is 3. The number of carbonyl (C=O) groups is 1. The van der Waals surface area contributed by atoms with Crippen LogP contribution in [0.25, 0.3) is 5.69 Å². The molecule has 0 N–H and O–H groups in total. The first kappa shape index (κ1) is 19.1. The summed E-state index contributed by atoms with van der Waals surface area (Å²) < 4.78 is 12.2. The maximum Gasteiger partial charge on any atom is 0.268 e. The average Bonchev–Trinajstić information content (AvgIpc) is 3.28. The van der Waals surface area contributed by atoms with Gasteiger partial charge in [-0.25, -0.2) is 4.98 Å². The van der Waals surface area contributed by atoms with Gasteiger partial charge in [-0.05, 0) is 30.7 Å². The minimum atomic E-state index is -0.347. The molecule has 0 radical (unpaired) electrons. The molecule has 1 amide bonds. The molecular weight excluding hydrogens is 398 g/mol. The highest BCUT2D eigenvalue weighted by atomic mass is 16.7. The van der Waals surface area contributed by atoms with E-state index in [1.54, 1.807) is 60.9 Å². The van der Waals surface area contributed by atoms with E-state index < -0.39 is 0 Å². The Bertz CT molecular complexity index is 1190. The molecule has 1 saturated heterocycles. The van der Waals surface area contributed by atoms with Gasteiger partial charge in [-0.2, -0.15) is 0 Å². The van der Waals surface area contributed by atoms with Crippen LogP contribution in [0.3, 0.4) is 0 Å². The molecule has 0 unspecified atom stereocenters. The lowest BCUT2D eigenvalue weighted by Crippen LogP contribution is -2.50. The van der Waals surface area contributed by atoms with Gasteiger partial charge in [0.2, 0.25) is 6.79 Å². The highest BCUT2D eigenvalue weighted by molar-refractivity contribution is 5.95. The Hall–Kier alpha value is -3.88. The fourth-order valence-electron chi connectivity index (χ4n) is 3.88. The third kappa shape index (κ3) is 3.48. The van der Waals surface area contributed by atoms with Crippen molar-refractivity contribution in [2.24, 2.45) is 0 Å². The number of hydrogen-bond donors (Lipinski definition) is 0. The Kier molecular flexibility index (Phi) is 4.78. The number of anilines is 1. The standard InChI is InChI=1S/C22H21N5O4/c1-15-4-7-27(16-2-3-17-18(12-16)31-14-30-17)22(29)20(15)21(28)26-10-8-25(9-11-26)19-13-23-5-6-24-19/h2-7,12-13H,8-11,14H2,1H3. The number of nitrogens with zero attached hydrogens (tertiary/aromatic N) is 5. The number of hydrogen-bond acceptors (Lipinski definition) is 7. The zero-order valence-electron chi connectivity index (χ0n) is 17.0. The highest BCUT2D eigenvalue weighted by Crippen LogP contribution is 2.33. The van der Waals surface area contributed by atoms with Crippen molar-refractivity contribution >= 4 is 11.7 Å². The Morgan fingerprint density at radius 2 is 1.84 bits per heavy atom. The molecule has 2 aliphatic rings. The quantitative estimate of drug-likeness (QED) is 0.637. The van der Waals surface area contributed by atoms with Crippen LogP contribution >= 0.6 is 0 Å². The summed E-state index contributed by atoms with van der Waals surface area (Å²) in [6.07, 6.45) is 6.67. The lowest BCUT2D eigenvalue weighted by atomic mass is 10.1. The van der Waals surface area contributed by atoms with Crippen molar-refractivity contribution in [1.82, 2.24) is 19.4 Å². The maximum atomic E-state index is 13.3. The SMILES string of the molecule is Cc1ccn(-c2ccc3c(c2)OCO3)c(=O)c1C(=O)N1CCN(c2cnccn2)CC1. The van der Waals surface area contributed by atoms with Crippen molar-refractivity contribution in [1.29, 1.82) is 0 Å². The summed E-state index contributed by atoms with van der Waals surface area (Å²) in [4.78, 5) is 38.8. The number of benzene rings is 1.